The number of hydrogen-bond donors (Lipinski definition) is 2. The van der Waals surface area contributed by atoms with E-state index in [0.29, 0.717) is 25.2 Å². The van der Waals surface area contributed by atoms with E-state index in [1.165, 1.54) is 0 Å². The largest absolute Gasteiger partial charge is 0.316 e. The molecule has 0 bridgehead atoms. The first-order valence-electron chi connectivity index (χ1n) is 4.83. The summed E-state index contributed by atoms with van der Waals surface area (Å²) in [5.41, 5.74) is 0. The summed E-state index contributed by atoms with van der Waals surface area (Å²) < 4.78 is 24.8. The van der Waals surface area contributed by atoms with Crippen molar-refractivity contribution >= 4 is 15.9 Å². The lowest BCUT2D eigenvalue weighted by Gasteiger charge is -2.26. The van der Waals surface area contributed by atoms with Crippen molar-refractivity contribution in [2.24, 2.45) is 5.92 Å². The molecule has 0 aromatic carbocycles. The van der Waals surface area contributed by atoms with Gasteiger partial charge < -0.3 is 5.32 Å². The van der Waals surface area contributed by atoms with Crippen LogP contribution in [0.3, 0.4) is 0 Å². The van der Waals surface area contributed by atoms with Gasteiger partial charge in [-0.15, -0.1) is 0 Å². The number of rotatable bonds is 4. The summed E-state index contributed by atoms with van der Waals surface area (Å²) in [6.07, 6.45) is 1.69. The number of hydrogen-bond acceptors (Lipinski definition) is 4. The highest BCUT2D eigenvalue weighted by Gasteiger charge is 2.37. The van der Waals surface area contributed by atoms with Gasteiger partial charge in [-0.05, 0) is 31.8 Å². The summed E-state index contributed by atoms with van der Waals surface area (Å²) in [5.74, 6) is -0.0483. The normalized spacial score (nSPS) is 22.9. The molecule has 0 aromatic rings. The van der Waals surface area contributed by atoms with Crippen LogP contribution in [0.25, 0.3) is 0 Å². The van der Waals surface area contributed by atoms with Gasteiger partial charge in [0.15, 0.2) is 0 Å². The van der Waals surface area contributed by atoms with E-state index in [4.69, 9.17) is 0 Å². The molecular formula is C8H14N2O3S. The van der Waals surface area contributed by atoms with Crippen molar-refractivity contribution in [3.05, 3.63) is 0 Å². The van der Waals surface area contributed by atoms with Crippen molar-refractivity contribution in [1.29, 1.82) is 0 Å². The Morgan fingerprint density at radius 3 is 2.43 bits per heavy atom. The second-order valence-corrected chi connectivity index (χ2v) is 5.96. The summed E-state index contributed by atoms with van der Waals surface area (Å²) in [6, 6.07) is 0. The van der Waals surface area contributed by atoms with Crippen molar-refractivity contribution in [1.82, 2.24) is 10.0 Å². The highest BCUT2D eigenvalue weighted by atomic mass is 32.2. The summed E-state index contributed by atoms with van der Waals surface area (Å²) in [7, 11) is -3.34. The molecule has 14 heavy (non-hydrogen) atoms. The van der Waals surface area contributed by atoms with Crippen LogP contribution in [-0.4, -0.2) is 32.7 Å². The number of sulfonamides is 1. The monoisotopic (exact) mass is 218 g/mol. The molecule has 0 atom stereocenters. The van der Waals surface area contributed by atoms with Crippen LogP contribution in [0, 0.1) is 5.92 Å². The first kappa shape index (κ1) is 9.92. The summed E-state index contributed by atoms with van der Waals surface area (Å²) in [4.78, 5) is 11.3. The van der Waals surface area contributed by atoms with E-state index < -0.39 is 10.0 Å². The van der Waals surface area contributed by atoms with Gasteiger partial charge in [-0.2, -0.15) is 0 Å². The van der Waals surface area contributed by atoms with Gasteiger partial charge in [0.05, 0.1) is 5.25 Å². The molecular weight excluding hydrogens is 204 g/mol. The van der Waals surface area contributed by atoms with Crippen molar-refractivity contribution in [3.8, 4) is 0 Å². The highest BCUT2D eigenvalue weighted by Crippen LogP contribution is 2.27. The quantitative estimate of drug-likeness (QED) is 0.648. The van der Waals surface area contributed by atoms with Crippen LogP contribution in [0.5, 0.6) is 0 Å². The van der Waals surface area contributed by atoms with Gasteiger partial charge in [0.2, 0.25) is 15.9 Å². The van der Waals surface area contributed by atoms with Gasteiger partial charge in [0, 0.05) is 6.42 Å². The topological polar surface area (TPSA) is 75.3 Å². The Balaban J connectivity index is 1.80. The molecule has 2 fully saturated rings. The van der Waals surface area contributed by atoms with Crippen molar-refractivity contribution in [2.45, 2.75) is 24.5 Å². The van der Waals surface area contributed by atoms with E-state index in [-0.39, 0.29) is 11.2 Å². The van der Waals surface area contributed by atoms with Gasteiger partial charge in [-0.3, -0.25) is 9.52 Å². The zero-order valence-corrected chi connectivity index (χ0v) is 8.64. The number of amides is 1. The van der Waals surface area contributed by atoms with Gasteiger partial charge in [0.1, 0.15) is 0 Å². The molecule has 1 saturated heterocycles. The molecule has 1 aliphatic carbocycles. The lowest BCUT2D eigenvalue weighted by molar-refractivity contribution is -0.120. The first-order chi connectivity index (χ1) is 6.58. The average Bonchev–Trinajstić information content (AvgIpc) is 2.77. The zero-order valence-electron chi connectivity index (χ0n) is 7.82. The molecule has 80 valence electrons. The van der Waals surface area contributed by atoms with Crippen LogP contribution in [0.15, 0.2) is 0 Å². The summed E-state index contributed by atoms with van der Waals surface area (Å²) in [6.45, 7) is 1.63. The zero-order chi connectivity index (χ0) is 10.2. The SMILES string of the molecule is O=C(CC1CNC1)NS(=O)(=O)C1CC1. The molecule has 0 spiro atoms. The van der Waals surface area contributed by atoms with Crippen LogP contribution >= 0.6 is 0 Å². The van der Waals surface area contributed by atoms with E-state index in [2.05, 4.69) is 10.0 Å². The maximum atomic E-state index is 11.3. The summed E-state index contributed by atoms with van der Waals surface area (Å²) >= 11 is 0. The molecule has 2 aliphatic rings. The first-order valence-corrected chi connectivity index (χ1v) is 6.38. The molecule has 5 nitrogen and oxygen atoms in total. The smallest absolute Gasteiger partial charge is 0.237 e. The van der Waals surface area contributed by atoms with E-state index in [1.807, 2.05) is 0 Å². The minimum Gasteiger partial charge on any atom is -0.316 e. The van der Waals surface area contributed by atoms with Gasteiger partial charge in [-0.1, -0.05) is 0 Å². The molecule has 0 unspecified atom stereocenters. The molecule has 0 radical (unpaired) electrons. The van der Waals surface area contributed by atoms with Gasteiger partial charge in [-0.25, -0.2) is 8.42 Å². The predicted octanol–water partition coefficient (Wildman–Crippen LogP) is -0.796. The molecule has 2 N–H and O–H groups in total. The van der Waals surface area contributed by atoms with Crippen LogP contribution in [0.4, 0.5) is 0 Å². The van der Waals surface area contributed by atoms with Gasteiger partial charge >= 0.3 is 0 Å². The van der Waals surface area contributed by atoms with Crippen LogP contribution in [0.1, 0.15) is 19.3 Å². The highest BCUT2D eigenvalue weighted by molar-refractivity contribution is 7.90. The third-order valence-corrected chi connectivity index (χ3v) is 4.42. The fourth-order valence-electron chi connectivity index (χ4n) is 1.42. The third-order valence-electron chi connectivity index (χ3n) is 2.56. The predicted molar refractivity (Wildman–Crippen MR) is 51.1 cm³/mol. The Morgan fingerprint density at radius 1 is 1.36 bits per heavy atom. The number of nitrogens with one attached hydrogen (secondary N) is 2. The molecule has 1 aliphatic heterocycles. The molecule has 0 aromatic heterocycles. The standard InChI is InChI=1S/C8H14N2O3S/c11-8(3-6-4-9-5-6)10-14(12,13)7-1-2-7/h6-7,9H,1-5H2,(H,10,11). The maximum absolute atomic E-state index is 11.3. The molecule has 1 amide bonds. The Labute approximate surface area is 83.3 Å². The van der Waals surface area contributed by atoms with Crippen LogP contribution in [0.2, 0.25) is 0 Å². The second-order valence-electron chi connectivity index (χ2n) is 4.00. The lowest BCUT2D eigenvalue weighted by atomic mass is 9.99. The fourth-order valence-corrected chi connectivity index (χ4v) is 2.74. The molecule has 2 rings (SSSR count). The Morgan fingerprint density at radius 2 is 2.00 bits per heavy atom. The fraction of sp³-hybridized carbons (Fsp3) is 0.875. The number of carbonyl (C=O) groups is 1. The van der Waals surface area contributed by atoms with E-state index in [1.54, 1.807) is 0 Å². The third kappa shape index (κ3) is 2.24. The van der Waals surface area contributed by atoms with Gasteiger partial charge in [0.25, 0.3) is 0 Å². The van der Waals surface area contributed by atoms with E-state index >= 15 is 0 Å². The number of carbonyl (C=O) groups excluding carboxylic acids is 1. The minimum atomic E-state index is -3.34. The van der Waals surface area contributed by atoms with Crippen molar-refractivity contribution in [3.63, 3.8) is 0 Å². The second kappa shape index (κ2) is 3.51. The minimum absolute atomic E-state index is 0.310. The van der Waals surface area contributed by atoms with Crippen LogP contribution < -0.4 is 10.0 Å². The van der Waals surface area contributed by atoms with Crippen molar-refractivity contribution in [2.75, 3.05) is 13.1 Å². The van der Waals surface area contributed by atoms with Crippen LogP contribution in [-0.2, 0) is 14.8 Å². The molecule has 1 heterocycles. The average molecular weight is 218 g/mol. The lowest BCUT2D eigenvalue weighted by Crippen LogP contribution is -2.45. The van der Waals surface area contributed by atoms with Crippen molar-refractivity contribution < 1.29 is 13.2 Å². The van der Waals surface area contributed by atoms with E-state index in [9.17, 15) is 13.2 Å². The summed E-state index contributed by atoms with van der Waals surface area (Å²) in [5, 5.41) is 2.72. The molecule has 1 saturated carbocycles. The Hall–Kier alpha value is -0.620. The Bertz CT molecular complexity index is 330. The van der Waals surface area contributed by atoms with E-state index in [0.717, 1.165) is 13.1 Å². The molecule has 6 heteroatoms. The Kier molecular flexibility index (Phi) is 2.48. The maximum Gasteiger partial charge on any atom is 0.237 e.